The van der Waals surface area contributed by atoms with Crippen LogP contribution >= 0.6 is 0 Å². The van der Waals surface area contributed by atoms with E-state index in [1.54, 1.807) is 0 Å². The van der Waals surface area contributed by atoms with Gasteiger partial charge in [0, 0.05) is 0 Å². The van der Waals surface area contributed by atoms with Gasteiger partial charge < -0.3 is 5.32 Å². The van der Waals surface area contributed by atoms with Crippen LogP contribution in [0.2, 0.25) is 0 Å². The van der Waals surface area contributed by atoms with Gasteiger partial charge in [-0.25, -0.2) is 0 Å². The maximum Gasteiger partial charge on any atom is -0.00179 e. The van der Waals surface area contributed by atoms with Crippen LogP contribution in [-0.4, -0.2) is 13.1 Å². The summed E-state index contributed by atoms with van der Waals surface area (Å²) in [5.41, 5.74) is 0. The summed E-state index contributed by atoms with van der Waals surface area (Å²) in [7, 11) is 0. The molecule has 0 unspecified atom stereocenters. The van der Waals surface area contributed by atoms with E-state index in [0.29, 0.717) is 0 Å². The maximum absolute atomic E-state index is 3.57. The van der Waals surface area contributed by atoms with Gasteiger partial charge in [0.15, 0.2) is 0 Å². The molecule has 1 saturated carbocycles. The van der Waals surface area contributed by atoms with Gasteiger partial charge in [-0.05, 0) is 37.8 Å². The van der Waals surface area contributed by atoms with Gasteiger partial charge in [0.05, 0.1) is 0 Å². The van der Waals surface area contributed by atoms with Crippen molar-refractivity contribution < 1.29 is 0 Å². The molecule has 1 nitrogen and oxygen atoms in total. The first-order valence-electron chi connectivity index (χ1n) is 6.09. The standard InChI is InChI=1S/C12H25N/c1-3-6-12(10-13-9-4-2)11-7-5-8-11/h11-13H,3-10H2,1-2H3/t12-/m0/s1. The third-order valence-corrected chi connectivity index (χ3v) is 3.31. The van der Waals surface area contributed by atoms with E-state index in [0.717, 1.165) is 11.8 Å². The van der Waals surface area contributed by atoms with Crippen molar-refractivity contribution in [3.05, 3.63) is 0 Å². The average Bonchev–Trinajstić information content (AvgIpc) is 2.02. The summed E-state index contributed by atoms with van der Waals surface area (Å²) in [6, 6.07) is 0. The van der Waals surface area contributed by atoms with Crippen molar-refractivity contribution in [2.75, 3.05) is 13.1 Å². The number of hydrogen-bond donors (Lipinski definition) is 1. The first kappa shape index (κ1) is 11.0. The fourth-order valence-corrected chi connectivity index (χ4v) is 2.25. The Hall–Kier alpha value is -0.0400. The van der Waals surface area contributed by atoms with Gasteiger partial charge in [0.1, 0.15) is 0 Å². The SMILES string of the molecule is CCCNC[C@H](CCC)C1CCC1. The maximum atomic E-state index is 3.57. The number of nitrogens with one attached hydrogen (secondary N) is 1. The summed E-state index contributed by atoms with van der Waals surface area (Å²) < 4.78 is 0. The summed E-state index contributed by atoms with van der Waals surface area (Å²) in [6.07, 6.45) is 8.54. The van der Waals surface area contributed by atoms with Gasteiger partial charge in [-0.3, -0.25) is 0 Å². The van der Waals surface area contributed by atoms with Crippen molar-refractivity contribution in [1.82, 2.24) is 5.32 Å². The van der Waals surface area contributed by atoms with Crippen molar-refractivity contribution in [3.8, 4) is 0 Å². The summed E-state index contributed by atoms with van der Waals surface area (Å²) in [5, 5.41) is 3.57. The van der Waals surface area contributed by atoms with Crippen LogP contribution in [0.3, 0.4) is 0 Å². The van der Waals surface area contributed by atoms with Crippen molar-refractivity contribution in [3.63, 3.8) is 0 Å². The van der Waals surface area contributed by atoms with Crippen molar-refractivity contribution in [2.24, 2.45) is 11.8 Å². The highest BCUT2D eigenvalue weighted by Crippen LogP contribution is 2.35. The molecule has 0 aromatic heterocycles. The van der Waals surface area contributed by atoms with Crippen LogP contribution in [0.5, 0.6) is 0 Å². The quantitative estimate of drug-likeness (QED) is 0.598. The molecule has 0 amide bonds. The smallest absolute Gasteiger partial charge is 0.00179 e. The second-order valence-electron chi connectivity index (χ2n) is 4.44. The molecular formula is C12H25N. The molecule has 1 rings (SSSR count). The largest absolute Gasteiger partial charge is 0.316 e. The van der Waals surface area contributed by atoms with Crippen molar-refractivity contribution in [2.45, 2.75) is 52.4 Å². The first-order valence-corrected chi connectivity index (χ1v) is 6.09. The van der Waals surface area contributed by atoms with Crippen LogP contribution in [0.4, 0.5) is 0 Å². The molecule has 0 bridgehead atoms. The summed E-state index contributed by atoms with van der Waals surface area (Å²) in [6.45, 7) is 7.02. The molecule has 0 aromatic rings. The molecule has 0 saturated heterocycles. The van der Waals surface area contributed by atoms with Gasteiger partial charge in [-0.2, -0.15) is 0 Å². The van der Waals surface area contributed by atoms with Crippen molar-refractivity contribution in [1.29, 1.82) is 0 Å². The molecule has 0 spiro atoms. The fraction of sp³-hybridized carbons (Fsp3) is 1.00. The van der Waals surface area contributed by atoms with Gasteiger partial charge in [-0.15, -0.1) is 0 Å². The van der Waals surface area contributed by atoms with Crippen LogP contribution in [0, 0.1) is 11.8 Å². The Morgan fingerprint density at radius 2 is 2.00 bits per heavy atom. The third kappa shape index (κ3) is 3.68. The Labute approximate surface area is 83.3 Å². The zero-order chi connectivity index (χ0) is 9.52. The molecule has 1 fully saturated rings. The molecule has 1 aliphatic rings. The van der Waals surface area contributed by atoms with Crippen LogP contribution in [0.25, 0.3) is 0 Å². The molecule has 1 heteroatoms. The molecule has 0 aromatic carbocycles. The molecule has 0 radical (unpaired) electrons. The number of hydrogen-bond acceptors (Lipinski definition) is 1. The van der Waals surface area contributed by atoms with E-state index in [1.165, 1.54) is 51.6 Å². The summed E-state index contributed by atoms with van der Waals surface area (Å²) >= 11 is 0. The van der Waals surface area contributed by atoms with E-state index in [1.807, 2.05) is 0 Å². The Morgan fingerprint density at radius 3 is 2.46 bits per heavy atom. The monoisotopic (exact) mass is 183 g/mol. The van der Waals surface area contributed by atoms with E-state index in [-0.39, 0.29) is 0 Å². The first-order chi connectivity index (χ1) is 6.38. The lowest BCUT2D eigenvalue weighted by atomic mass is 9.74. The minimum Gasteiger partial charge on any atom is -0.316 e. The topological polar surface area (TPSA) is 12.0 Å². The van der Waals surface area contributed by atoms with Gasteiger partial charge >= 0.3 is 0 Å². The Bertz CT molecular complexity index is 118. The Morgan fingerprint density at radius 1 is 1.23 bits per heavy atom. The lowest BCUT2D eigenvalue weighted by Crippen LogP contribution is -2.32. The van der Waals surface area contributed by atoms with E-state index in [2.05, 4.69) is 19.2 Å². The van der Waals surface area contributed by atoms with Crippen LogP contribution < -0.4 is 5.32 Å². The minimum atomic E-state index is 0.977. The van der Waals surface area contributed by atoms with E-state index in [4.69, 9.17) is 0 Å². The zero-order valence-corrected chi connectivity index (χ0v) is 9.31. The normalized spacial score (nSPS) is 19.8. The molecule has 1 aliphatic carbocycles. The van der Waals surface area contributed by atoms with Gasteiger partial charge in [0.25, 0.3) is 0 Å². The lowest BCUT2D eigenvalue weighted by Gasteiger charge is -2.34. The van der Waals surface area contributed by atoms with Crippen LogP contribution in [-0.2, 0) is 0 Å². The lowest BCUT2D eigenvalue weighted by molar-refractivity contribution is 0.190. The second-order valence-corrected chi connectivity index (χ2v) is 4.44. The predicted octanol–water partition coefficient (Wildman–Crippen LogP) is 3.20. The molecule has 1 atom stereocenters. The molecule has 13 heavy (non-hydrogen) atoms. The highest BCUT2D eigenvalue weighted by atomic mass is 14.9. The third-order valence-electron chi connectivity index (χ3n) is 3.31. The summed E-state index contributed by atoms with van der Waals surface area (Å²) in [4.78, 5) is 0. The van der Waals surface area contributed by atoms with E-state index in [9.17, 15) is 0 Å². The summed E-state index contributed by atoms with van der Waals surface area (Å²) in [5.74, 6) is 2.04. The number of rotatable bonds is 7. The minimum absolute atomic E-state index is 0.977. The van der Waals surface area contributed by atoms with E-state index >= 15 is 0 Å². The van der Waals surface area contributed by atoms with Crippen molar-refractivity contribution >= 4 is 0 Å². The Balaban J connectivity index is 2.12. The predicted molar refractivity (Wildman–Crippen MR) is 58.9 cm³/mol. The molecule has 0 aliphatic heterocycles. The molecule has 0 heterocycles. The fourth-order valence-electron chi connectivity index (χ4n) is 2.25. The van der Waals surface area contributed by atoms with Crippen LogP contribution in [0.15, 0.2) is 0 Å². The van der Waals surface area contributed by atoms with Crippen LogP contribution in [0.1, 0.15) is 52.4 Å². The van der Waals surface area contributed by atoms with Gasteiger partial charge in [0.2, 0.25) is 0 Å². The van der Waals surface area contributed by atoms with Gasteiger partial charge in [-0.1, -0.05) is 39.5 Å². The van der Waals surface area contributed by atoms with E-state index < -0.39 is 0 Å². The zero-order valence-electron chi connectivity index (χ0n) is 9.31. The molecular weight excluding hydrogens is 158 g/mol. The Kier molecular flexibility index (Phi) is 5.45. The second kappa shape index (κ2) is 6.42. The molecule has 78 valence electrons. The molecule has 1 N–H and O–H groups in total. The highest BCUT2D eigenvalue weighted by Gasteiger charge is 2.25. The highest BCUT2D eigenvalue weighted by molar-refractivity contribution is 4.78. The average molecular weight is 183 g/mol.